The van der Waals surface area contributed by atoms with Crippen LogP contribution < -0.4 is 15.1 Å². The Bertz CT molecular complexity index is 995. The van der Waals surface area contributed by atoms with Gasteiger partial charge in [-0.15, -0.1) is 0 Å². The van der Waals surface area contributed by atoms with Gasteiger partial charge in [-0.2, -0.15) is 13.2 Å². The quantitative estimate of drug-likeness (QED) is 0.690. The fraction of sp³-hybridized carbons (Fsp3) is 0.458. The molecule has 2 aromatic rings. The average Bonchev–Trinajstić information content (AvgIpc) is 2.75. The Labute approximate surface area is 191 Å². The predicted molar refractivity (Wildman–Crippen MR) is 121 cm³/mol. The molecule has 2 atom stereocenters. The number of hydrogen-bond acceptors (Lipinski definition) is 3. The first-order valence-corrected chi connectivity index (χ1v) is 11.3. The summed E-state index contributed by atoms with van der Waals surface area (Å²) >= 11 is 6.42. The van der Waals surface area contributed by atoms with E-state index in [1.54, 1.807) is 6.07 Å². The Kier molecular flexibility index (Phi) is 6.30. The number of amides is 1. The molecule has 2 aromatic carbocycles. The molecule has 2 aliphatic rings. The highest BCUT2D eigenvalue weighted by molar-refractivity contribution is 6.33. The first-order valence-electron chi connectivity index (χ1n) is 10.9. The minimum absolute atomic E-state index is 0.113. The smallest absolute Gasteiger partial charge is 0.366 e. The van der Waals surface area contributed by atoms with Crippen LogP contribution in [0.4, 0.5) is 24.5 Å². The number of anilines is 2. The van der Waals surface area contributed by atoms with Gasteiger partial charge >= 0.3 is 6.18 Å². The number of alkyl halides is 3. The van der Waals surface area contributed by atoms with Gasteiger partial charge in [0, 0.05) is 31.9 Å². The first kappa shape index (κ1) is 22.8. The fourth-order valence-corrected chi connectivity index (χ4v) is 4.92. The molecule has 0 aromatic heterocycles. The fourth-order valence-electron chi connectivity index (χ4n) is 4.66. The minimum atomic E-state index is -4.41. The van der Waals surface area contributed by atoms with Crippen molar-refractivity contribution >= 4 is 28.9 Å². The summed E-state index contributed by atoms with van der Waals surface area (Å²) in [4.78, 5) is 17.4. The maximum Gasteiger partial charge on any atom is 0.416 e. The van der Waals surface area contributed by atoms with Gasteiger partial charge in [-0.1, -0.05) is 37.6 Å². The van der Waals surface area contributed by atoms with Gasteiger partial charge in [-0.3, -0.25) is 4.79 Å². The van der Waals surface area contributed by atoms with Crippen molar-refractivity contribution < 1.29 is 18.0 Å². The van der Waals surface area contributed by atoms with E-state index in [4.69, 9.17) is 11.6 Å². The number of nitrogens with one attached hydrogen (secondary N) is 1. The zero-order chi connectivity index (χ0) is 23.0. The van der Waals surface area contributed by atoms with Crippen molar-refractivity contribution in [1.82, 2.24) is 5.32 Å². The van der Waals surface area contributed by atoms with Gasteiger partial charge in [0.25, 0.3) is 0 Å². The molecule has 8 heteroatoms. The summed E-state index contributed by atoms with van der Waals surface area (Å²) in [5.41, 5.74) is 1.60. The van der Waals surface area contributed by atoms with E-state index in [0.29, 0.717) is 36.8 Å². The number of carbonyl (C=O) groups is 1. The summed E-state index contributed by atoms with van der Waals surface area (Å²) in [6, 6.07) is 11.3. The Morgan fingerprint density at radius 1 is 1.16 bits per heavy atom. The van der Waals surface area contributed by atoms with Crippen LogP contribution in [0.5, 0.6) is 0 Å². The normalized spacial score (nSPS) is 20.7. The number of fused-ring (bicyclic) bond motifs is 3. The van der Waals surface area contributed by atoms with Crippen LogP contribution in [0.15, 0.2) is 42.5 Å². The molecule has 32 heavy (non-hydrogen) atoms. The molecular formula is C24H27ClF3N3O. The van der Waals surface area contributed by atoms with Gasteiger partial charge in [0.15, 0.2) is 0 Å². The lowest BCUT2D eigenvalue weighted by atomic mass is 9.82. The van der Waals surface area contributed by atoms with Crippen LogP contribution in [0.1, 0.15) is 25.0 Å². The Balaban J connectivity index is 1.68. The van der Waals surface area contributed by atoms with E-state index in [1.807, 2.05) is 38.1 Å². The number of hydrogen-bond donors (Lipinski definition) is 1. The standard InChI is InChI=1S/C24H27ClF3N3O/c1-15(2)13-29-23(32)18-12-16-11-17(24(26,27)28)7-8-20(16)31-10-9-30(14-22(18)31)21-6-4-3-5-19(21)25/h3-8,11,15,18,22H,9-10,12-14H2,1-2H3,(H,29,32)/t18-,22-/m1/s1. The van der Waals surface area contributed by atoms with Gasteiger partial charge in [0.1, 0.15) is 0 Å². The third kappa shape index (κ3) is 4.53. The molecule has 1 N–H and O–H groups in total. The maximum atomic E-state index is 13.3. The second-order valence-corrected chi connectivity index (χ2v) is 9.36. The highest BCUT2D eigenvalue weighted by Crippen LogP contribution is 2.40. The zero-order valence-electron chi connectivity index (χ0n) is 18.1. The lowest BCUT2D eigenvalue weighted by Gasteiger charge is -2.50. The van der Waals surface area contributed by atoms with Crippen LogP contribution in [0.25, 0.3) is 0 Å². The van der Waals surface area contributed by atoms with Crippen molar-refractivity contribution in [1.29, 1.82) is 0 Å². The summed E-state index contributed by atoms with van der Waals surface area (Å²) < 4.78 is 40.0. The van der Waals surface area contributed by atoms with Crippen LogP contribution in [0.2, 0.25) is 5.02 Å². The SMILES string of the molecule is CC(C)CNC(=O)[C@@H]1Cc2cc(C(F)(F)F)ccc2N2CCN(c3ccccc3Cl)C[C@H]12. The summed E-state index contributed by atoms with van der Waals surface area (Å²) in [5.74, 6) is -0.276. The average molecular weight is 466 g/mol. The van der Waals surface area contributed by atoms with Gasteiger partial charge in [0.05, 0.1) is 28.2 Å². The topological polar surface area (TPSA) is 35.6 Å². The number of benzene rings is 2. The summed E-state index contributed by atoms with van der Waals surface area (Å²) in [6.45, 7) is 6.40. The van der Waals surface area contributed by atoms with E-state index >= 15 is 0 Å². The van der Waals surface area contributed by atoms with Crippen LogP contribution in [-0.4, -0.2) is 38.1 Å². The molecule has 4 nitrogen and oxygen atoms in total. The van der Waals surface area contributed by atoms with Crippen LogP contribution in [-0.2, 0) is 17.4 Å². The lowest BCUT2D eigenvalue weighted by molar-refractivity contribution is -0.137. The lowest BCUT2D eigenvalue weighted by Crippen LogP contribution is -2.61. The molecule has 0 saturated carbocycles. The van der Waals surface area contributed by atoms with Crippen molar-refractivity contribution in [3.63, 3.8) is 0 Å². The maximum absolute atomic E-state index is 13.3. The molecule has 2 aliphatic heterocycles. The molecule has 4 rings (SSSR count). The summed E-state index contributed by atoms with van der Waals surface area (Å²) in [6.07, 6.45) is -4.13. The second-order valence-electron chi connectivity index (χ2n) is 8.95. The van der Waals surface area contributed by atoms with E-state index in [1.165, 1.54) is 6.07 Å². The van der Waals surface area contributed by atoms with Gasteiger partial charge < -0.3 is 15.1 Å². The predicted octanol–water partition coefficient (Wildman–Crippen LogP) is 5.00. The van der Waals surface area contributed by atoms with E-state index in [-0.39, 0.29) is 24.3 Å². The van der Waals surface area contributed by atoms with Crippen molar-refractivity contribution in [3.05, 3.63) is 58.6 Å². The number of para-hydroxylation sites is 1. The zero-order valence-corrected chi connectivity index (χ0v) is 18.9. The van der Waals surface area contributed by atoms with Crippen molar-refractivity contribution in [2.24, 2.45) is 11.8 Å². The molecule has 0 aliphatic carbocycles. The molecule has 172 valence electrons. The van der Waals surface area contributed by atoms with Gasteiger partial charge in [-0.05, 0) is 48.2 Å². The molecule has 1 saturated heterocycles. The highest BCUT2D eigenvalue weighted by atomic mass is 35.5. The largest absolute Gasteiger partial charge is 0.416 e. The molecule has 2 heterocycles. The number of piperazine rings is 1. The number of rotatable bonds is 4. The Morgan fingerprint density at radius 3 is 2.59 bits per heavy atom. The number of nitrogens with zero attached hydrogens (tertiary/aromatic N) is 2. The third-order valence-electron chi connectivity index (χ3n) is 6.25. The summed E-state index contributed by atoms with van der Waals surface area (Å²) in [7, 11) is 0. The van der Waals surface area contributed by atoms with E-state index < -0.39 is 17.7 Å². The molecule has 0 spiro atoms. The Morgan fingerprint density at radius 2 is 1.91 bits per heavy atom. The van der Waals surface area contributed by atoms with Gasteiger partial charge in [-0.25, -0.2) is 0 Å². The molecular weight excluding hydrogens is 439 g/mol. The highest BCUT2D eigenvalue weighted by Gasteiger charge is 2.43. The van der Waals surface area contributed by atoms with Crippen molar-refractivity contribution in [2.45, 2.75) is 32.5 Å². The molecule has 1 fully saturated rings. The number of halogens is 4. The van der Waals surface area contributed by atoms with Gasteiger partial charge in [0.2, 0.25) is 5.91 Å². The van der Waals surface area contributed by atoms with Crippen LogP contribution >= 0.6 is 11.6 Å². The van der Waals surface area contributed by atoms with E-state index in [9.17, 15) is 18.0 Å². The van der Waals surface area contributed by atoms with Crippen molar-refractivity contribution in [3.8, 4) is 0 Å². The number of carbonyl (C=O) groups excluding carboxylic acids is 1. The third-order valence-corrected chi connectivity index (χ3v) is 6.57. The summed E-state index contributed by atoms with van der Waals surface area (Å²) in [5, 5.41) is 3.64. The second kappa shape index (κ2) is 8.85. The molecule has 0 radical (unpaired) electrons. The molecule has 0 bridgehead atoms. The van der Waals surface area contributed by atoms with Crippen LogP contribution in [0.3, 0.4) is 0 Å². The van der Waals surface area contributed by atoms with Crippen LogP contribution in [0, 0.1) is 11.8 Å². The minimum Gasteiger partial charge on any atom is -0.366 e. The van der Waals surface area contributed by atoms with Crippen molar-refractivity contribution in [2.75, 3.05) is 36.0 Å². The molecule has 1 amide bonds. The monoisotopic (exact) mass is 465 g/mol. The molecule has 0 unspecified atom stereocenters. The van der Waals surface area contributed by atoms with E-state index in [0.717, 1.165) is 17.4 Å². The Hall–Kier alpha value is -2.41. The van der Waals surface area contributed by atoms with E-state index in [2.05, 4.69) is 15.1 Å². The first-order chi connectivity index (χ1) is 15.1.